The number of para-hydroxylation sites is 1. The van der Waals surface area contributed by atoms with Crippen molar-refractivity contribution in [3.63, 3.8) is 0 Å². The van der Waals surface area contributed by atoms with Gasteiger partial charge in [-0.25, -0.2) is 4.79 Å². The van der Waals surface area contributed by atoms with Crippen molar-refractivity contribution in [2.24, 2.45) is 11.5 Å². The first-order chi connectivity index (χ1) is 18.6. The first-order valence-electron chi connectivity index (χ1n) is 12.9. The van der Waals surface area contributed by atoms with E-state index in [4.69, 9.17) is 11.5 Å². The summed E-state index contributed by atoms with van der Waals surface area (Å²) in [4.78, 5) is 54.1. The van der Waals surface area contributed by atoms with Crippen molar-refractivity contribution in [1.82, 2.24) is 20.9 Å². The summed E-state index contributed by atoms with van der Waals surface area (Å²) < 4.78 is 0. The highest BCUT2D eigenvalue weighted by Gasteiger charge is 2.32. The molecule has 5 atom stereocenters. The number of fused-ring (bicyclic) bond motifs is 1. The third-order valence-corrected chi connectivity index (χ3v) is 6.97. The summed E-state index contributed by atoms with van der Waals surface area (Å²) in [7, 11) is 0. The summed E-state index contributed by atoms with van der Waals surface area (Å²) in [5.74, 6) is -2.61. The molecule has 216 valence electrons. The number of carboxylic acid groups (broad SMARTS) is 1. The minimum atomic E-state index is -1.57. The minimum absolute atomic E-state index is 0.0322. The maximum absolute atomic E-state index is 13.4. The third kappa shape index (κ3) is 9.84. The predicted molar refractivity (Wildman–Crippen MR) is 151 cm³/mol. The number of H-pyrrole nitrogens is 1. The van der Waals surface area contributed by atoms with Gasteiger partial charge in [-0.1, -0.05) is 18.2 Å². The number of nitrogens with one attached hydrogen (secondary N) is 4. The number of nitrogens with two attached hydrogens (primary N) is 2. The number of aliphatic hydroxyl groups is 1. The molecule has 0 spiro atoms. The molecule has 1 aromatic heterocycles. The van der Waals surface area contributed by atoms with Gasteiger partial charge < -0.3 is 42.6 Å². The average Bonchev–Trinajstić information content (AvgIpc) is 3.31. The van der Waals surface area contributed by atoms with Gasteiger partial charge in [0.1, 0.15) is 12.1 Å². The number of unbranched alkanes of at least 4 members (excludes halogenated alkanes) is 1. The van der Waals surface area contributed by atoms with Crippen molar-refractivity contribution in [2.45, 2.75) is 69.3 Å². The van der Waals surface area contributed by atoms with Gasteiger partial charge in [-0.2, -0.15) is 11.8 Å². The molecule has 0 aliphatic rings. The SMILES string of the molecule is CSCCC(N)C(=O)NC(CCCCN)C(=O)NC(Cc1c[nH]c2ccccc12)C(=O)NC(C(=O)O)C(C)O. The Morgan fingerprint density at radius 3 is 2.31 bits per heavy atom. The number of aromatic nitrogens is 1. The smallest absolute Gasteiger partial charge is 0.328 e. The molecule has 3 amide bonds. The van der Waals surface area contributed by atoms with Crippen LogP contribution in [0.4, 0.5) is 0 Å². The number of carboxylic acids is 1. The second-order valence-electron chi connectivity index (χ2n) is 9.42. The zero-order chi connectivity index (χ0) is 28.9. The van der Waals surface area contributed by atoms with E-state index in [0.29, 0.717) is 31.6 Å². The first kappa shape index (κ1) is 32.1. The summed E-state index contributed by atoms with van der Waals surface area (Å²) in [6.07, 6.45) is 4.17. The Bertz CT molecular complexity index is 1110. The Hall–Kier alpha value is -3.13. The zero-order valence-electron chi connectivity index (χ0n) is 22.3. The van der Waals surface area contributed by atoms with Crippen LogP contribution in [0.1, 0.15) is 38.2 Å². The topological polar surface area (TPSA) is 213 Å². The van der Waals surface area contributed by atoms with E-state index in [0.717, 1.165) is 16.5 Å². The molecular formula is C26H40N6O6S. The van der Waals surface area contributed by atoms with E-state index in [1.165, 1.54) is 6.92 Å². The van der Waals surface area contributed by atoms with Crippen LogP contribution in [-0.2, 0) is 25.6 Å². The Labute approximate surface area is 232 Å². The Morgan fingerprint density at radius 2 is 1.67 bits per heavy atom. The molecule has 0 bridgehead atoms. The van der Waals surface area contributed by atoms with Gasteiger partial charge in [-0.3, -0.25) is 14.4 Å². The Morgan fingerprint density at radius 1 is 1.00 bits per heavy atom. The maximum atomic E-state index is 13.4. The third-order valence-electron chi connectivity index (χ3n) is 6.33. The van der Waals surface area contributed by atoms with E-state index < -0.39 is 54.0 Å². The zero-order valence-corrected chi connectivity index (χ0v) is 23.1. The molecule has 0 saturated heterocycles. The van der Waals surface area contributed by atoms with Crippen LogP contribution in [0.25, 0.3) is 10.9 Å². The fourth-order valence-electron chi connectivity index (χ4n) is 4.06. The Balaban J connectivity index is 2.29. The minimum Gasteiger partial charge on any atom is -0.480 e. The standard InChI is InChI=1S/C26H40N6O6S/c1-15(33)22(26(37)38)32-25(36)21(13-16-14-29-19-8-4-3-7-17(16)19)31-24(35)20(9-5-6-11-27)30-23(34)18(28)10-12-39-2/h3-4,7-8,14-15,18,20-22,29,33H,5-6,9-13,27-28H2,1-2H3,(H,30,34)(H,31,35)(H,32,36)(H,37,38). The number of carbonyl (C=O) groups excluding carboxylic acids is 3. The first-order valence-corrected chi connectivity index (χ1v) is 14.3. The van der Waals surface area contributed by atoms with Crippen LogP contribution in [0.15, 0.2) is 30.5 Å². The lowest BCUT2D eigenvalue weighted by atomic mass is 10.0. The number of amides is 3. The number of carbonyl (C=O) groups is 4. The van der Waals surface area contributed by atoms with Crippen LogP contribution < -0.4 is 27.4 Å². The number of thioether (sulfide) groups is 1. The van der Waals surface area contributed by atoms with Gasteiger partial charge in [0.2, 0.25) is 17.7 Å². The molecule has 1 aromatic carbocycles. The van der Waals surface area contributed by atoms with Gasteiger partial charge in [0.05, 0.1) is 12.1 Å². The highest BCUT2D eigenvalue weighted by Crippen LogP contribution is 2.19. The second-order valence-corrected chi connectivity index (χ2v) is 10.4. The van der Waals surface area contributed by atoms with Crippen molar-refractivity contribution < 1.29 is 29.4 Å². The lowest BCUT2D eigenvalue weighted by Crippen LogP contribution is -2.58. The number of hydrogen-bond donors (Lipinski definition) is 8. The highest BCUT2D eigenvalue weighted by molar-refractivity contribution is 7.98. The molecule has 0 aliphatic heterocycles. The van der Waals surface area contributed by atoms with Crippen molar-refractivity contribution >= 4 is 46.4 Å². The van der Waals surface area contributed by atoms with Crippen molar-refractivity contribution in [2.75, 3.05) is 18.6 Å². The monoisotopic (exact) mass is 564 g/mol. The molecule has 0 aliphatic carbocycles. The van der Waals surface area contributed by atoms with Crippen molar-refractivity contribution in [3.8, 4) is 0 Å². The summed E-state index contributed by atoms with van der Waals surface area (Å²) in [6.45, 7) is 1.66. The number of aliphatic carboxylic acids is 1. The fraction of sp³-hybridized carbons (Fsp3) is 0.538. The number of rotatable bonds is 17. The largest absolute Gasteiger partial charge is 0.480 e. The van der Waals surface area contributed by atoms with Gasteiger partial charge in [-0.05, 0) is 62.8 Å². The van der Waals surface area contributed by atoms with Crippen LogP contribution in [0.5, 0.6) is 0 Å². The Kier molecular flexibility index (Phi) is 13.2. The van der Waals surface area contributed by atoms with E-state index in [2.05, 4.69) is 20.9 Å². The lowest BCUT2D eigenvalue weighted by Gasteiger charge is -2.26. The average molecular weight is 565 g/mol. The molecule has 13 heteroatoms. The molecule has 39 heavy (non-hydrogen) atoms. The quantitative estimate of drug-likeness (QED) is 0.120. The van der Waals surface area contributed by atoms with E-state index in [-0.39, 0.29) is 12.8 Å². The summed E-state index contributed by atoms with van der Waals surface area (Å²) >= 11 is 1.55. The molecule has 2 aromatic rings. The molecule has 1 heterocycles. The molecule has 5 unspecified atom stereocenters. The normalized spacial score (nSPS) is 15.1. The fourth-order valence-corrected chi connectivity index (χ4v) is 4.55. The van der Waals surface area contributed by atoms with E-state index in [1.807, 2.05) is 30.5 Å². The van der Waals surface area contributed by atoms with Gasteiger partial charge in [0, 0.05) is 23.5 Å². The molecule has 0 saturated carbocycles. The lowest BCUT2D eigenvalue weighted by molar-refractivity contribution is -0.145. The van der Waals surface area contributed by atoms with Crippen LogP contribution in [0, 0.1) is 0 Å². The van der Waals surface area contributed by atoms with Crippen molar-refractivity contribution in [3.05, 3.63) is 36.0 Å². The van der Waals surface area contributed by atoms with E-state index >= 15 is 0 Å². The van der Waals surface area contributed by atoms with Crippen LogP contribution in [0.3, 0.4) is 0 Å². The number of aliphatic hydroxyl groups excluding tert-OH is 1. The summed E-state index contributed by atoms with van der Waals surface area (Å²) in [5, 5.41) is 27.8. The van der Waals surface area contributed by atoms with Crippen LogP contribution in [-0.4, -0.2) is 87.7 Å². The van der Waals surface area contributed by atoms with Crippen LogP contribution in [0.2, 0.25) is 0 Å². The number of aromatic amines is 1. The molecular weight excluding hydrogens is 524 g/mol. The highest BCUT2D eigenvalue weighted by atomic mass is 32.2. The molecule has 2 rings (SSSR count). The molecule has 0 radical (unpaired) electrons. The van der Waals surface area contributed by atoms with Gasteiger partial charge >= 0.3 is 5.97 Å². The summed E-state index contributed by atoms with van der Waals surface area (Å²) in [5.41, 5.74) is 13.1. The summed E-state index contributed by atoms with van der Waals surface area (Å²) in [6, 6.07) is 2.87. The van der Waals surface area contributed by atoms with E-state index in [9.17, 15) is 29.4 Å². The van der Waals surface area contributed by atoms with Crippen molar-refractivity contribution in [1.29, 1.82) is 0 Å². The molecule has 0 fully saturated rings. The second kappa shape index (κ2) is 16.1. The van der Waals surface area contributed by atoms with Gasteiger partial charge in [0.15, 0.2) is 6.04 Å². The maximum Gasteiger partial charge on any atom is 0.328 e. The van der Waals surface area contributed by atoms with Gasteiger partial charge in [-0.15, -0.1) is 0 Å². The van der Waals surface area contributed by atoms with Gasteiger partial charge in [0.25, 0.3) is 0 Å². The molecule has 10 N–H and O–H groups in total. The molecule has 12 nitrogen and oxygen atoms in total. The predicted octanol–water partition coefficient (Wildman–Crippen LogP) is -0.160. The number of hydrogen-bond acceptors (Lipinski definition) is 8. The van der Waals surface area contributed by atoms with Crippen LogP contribution >= 0.6 is 11.8 Å². The van der Waals surface area contributed by atoms with E-state index in [1.54, 1.807) is 18.0 Å². The number of benzene rings is 1.